The van der Waals surface area contributed by atoms with Crippen LogP contribution in [0.5, 0.6) is 0 Å². The summed E-state index contributed by atoms with van der Waals surface area (Å²) >= 11 is 0. The van der Waals surface area contributed by atoms with Crippen molar-refractivity contribution in [2.75, 3.05) is 12.1 Å². The first-order valence-electron chi connectivity index (χ1n) is 8.50. The number of fused-ring (bicyclic) bond motifs is 1. The SMILES string of the molecule is CC(c1ccccc1)N(C)n1c(-c2ccco2)nc2c(C(F)(F)F)ncnc21. The van der Waals surface area contributed by atoms with E-state index in [-0.39, 0.29) is 23.0 Å². The van der Waals surface area contributed by atoms with E-state index in [1.165, 1.54) is 10.9 Å². The number of hydrogen-bond acceptors (Lipinski definition) is 5. The quantitative estimate of drug-likeness (QED) is 0.518. The minimum atomic E-state index is -4.65. The molecule has 0 aliphatic carbocycles. The average Bonchev–Trinajstić information content (AvgIpc) is 3.33. The monoisotopic (exact) mass is 387 g/mol. The van der Waals surface area contributed by atoms with Crippen molar-refractivity contribution in [2.45, 2.75) is 19.1 Å². The van der Waals surface area contributed by atoms with Gasteiger partial charge in [-0.2, -0.15) is 13.2 Å². The van der Waals surface area contributed by atoms with Gasteiger partial charge in [0.05, 0.1) is 12.3 Å². The van der Waals surface area contributed by atoms with E-state index >= 15 is 0 Å². The number of hydrogen-bond donors (Lipinski definition) is 0. The molecule has 1 atom stereocenters. The lowest BCUT2D eigenvalue weighted by molar-refractivity contribution is -0.140. The first-order chi connectivity index (χ1) is 13.4. The molecular weight excluding hydrogens is 371 g/mol. The van der Waals surface area contributed by atoms with Crippen LogP contribution in [0.4, 0.5) is 13.2 Å². The van der Waals surface area contributed by atoms with Crippen LogP contribution >= 0.6 is 0 Å². The molecule has 6 nitrogen and oxygen atoms in total. The normalized spacial score (nSPS) is 13.0. The number of aromatic nitrogens is 4. The summed E-state index contributed by atoms with van der Waals surface area (Å²) in [6.45, 7) is 1.94. The van der Waals surface area contributed by atoms with Crippen molar-refractivity contribution in [2.24, 2.45) is 0 Å². The molecule has 0 fully saturated rings. The summed E-state index contributed by atoms with van der Waals surface area (Å²) < 4.78 is 47.3. The van der Waals surface area contributed by atoms with Crippen molar-refractivity contribution in [3.63, 3.8) is 0 Å². The maximum Gasteiger partial charge on any atom is 0.435 e. The van der Waals surface area contributed by atoms with Gasteiger partial charge in [0, 0.05) is 7.05 Å². The smallest absolute Gasteiger partial charge is 0.435 e. The first kappa shape index (κ1) is 18.0. The Bertz CT molecular complexity index is 1090. The minimum Gasteiger partial charge on any atom is -0.461 e. The number of alkyl halides is 3. The molecule has 0 amide bonds. The van der Waals surface area contributed by atoms with Gasteiger partial charge in [0.15, 0.2) is 22.9 Å². The molecule has 0 bridgehead atoms. The first-order valence-corrected chi connectivity index (χ1v) is 8.50. The lowest BCUT2D eigenvalue weighted by atomic mass is 10.1. The van der Waals surface area contributed by atoms with Gasteiger partial charge in [0.25, 0.3) is 0 Å². The fraction of sp³-hybridized carbons (Fsp3) is 0.211. The van der Waals surface area contributed by atoms with Crippen LogP contribution in [-0.4, -0.2) is 26.7 Å². The van der Waals surface area contributed by atoms with Crippen molar-refractivity contribution in [3.8, 4) is 11.6 Å². The molecule has 28 heavy (non-hydrogen) atoms. The predicted molar refractivity (Wildman–Crippen MR) is 97.0 cm³/mol. The zero-order valence-corrected chi connectivity index (χ0v) is 15.1. The number of nitrogens with zero attached hydrogens (tertiary/aromatic N) is 5. The van der Waals surface area contributed by atoms with Gasteiger partial charge in [0.2, 0.25) is 0 Å². The predicted octanol–water partition coefficient (Wildman–Crippen LogP) is 4.43. The molecule has 0 spiro atoms. The van der Waals surface area contributed by atoms with Gasteiger partial charge in [-0.15, -0.1) is 0 Å². The Morgan fingerprint density at radius 1 is 1.07 bits per heavy atom. The van der Waals surface area contributed by atoms with E-state index in [9.17, 15) is 13.2 Å². The van der Waals surface area contributed by atoms with Crippen molar-refractivity contribution < 1.29 is 17.6 Å². The van der Waals surface area contributed by atoms with Gasteiger partial charge in [0.1, 0.15) is 11.8 Å². The van der Waals surface area contributed by atoms with Gasteiger partial charge < -0.3 is 9.43 Å². The van der Waals surface area contributed by atoms with E-state index in [2.05, 4.69) is 15.0 Å². The third kappa shape index (κ3) is 2.98. The number of imidazole rings is 1. The molecule has 3 heterocycles. The molecule has 0 saturated heterocycles. The van der Waals surface area contributed by atoms with Crippen LogP contribution in [0.25, 0.3) is 22.7 Å². The Kier molecular flexibility index (Phi) is 4.29. The van der Waals surface area contributed by atoms with E-state index in [4.69, 9.17) is 4.42 Å². The second-order valence-electron chi connectivity index (χ2n) is 6.28. The van der Waals surface area contributed by atoms with E-state index in [1.54, 1.807) is 24.2 Å². The lowest BCUT2D eigenvalue weighted by Crippen LogP contribution is -2.33. The van der Waals surface area contributed by atoms with E-state index in [1.807, 2.05) is 37.3 Å². The van der Waals surface area contributed by atoms with Crippen molar-refractivity contribution >= 4 is 11.2 Å². The Labute approximate surface area is 158 Å². The standard InChI is InChI=1S/C19H16F3N5O/c1-12(13-7-4-3-5-8-13)26(2)27-17(14-9-6-10-28-14)25-15-16(19(20,21)22)23-11-24-18(15)27/h3-12H,1-2H3. The Morgan fingerprint density at radius 2 is 1.82 bits per heavy atom. The van der Waals surface area contributed by atoms with Gasteiger partial charge >= 0.3 is 6.18 Å². The topological polar surface area (TPSA) is 60.0 Å². The molecule has 0 radical (unpaired) electrons. The highest BCUT2D eigenvalue weighted by atomic mass is 19.4. The molecule has 3 aromatic heterocycles. The van der Waals surface area contributed by atoms with Crippen molar-refractivity contribution in [3.05, 3.63) is 66.3 Å². The largest absolute Gasteiger partial charge is 0.461 e. The average molecular weight is 387 g/mol. The molecule has 0 aliphatic rings. The summed E-state index contributed by atoms with van der Waals surface area (Å²) in [5.41, 5.74) is -0.361. The van der Waals surface area contributed by atoms with E-state index < -0.39 is 11.9 Å². The van der Waals surface area contributed by atoms with Gasteiger partial charge in [-0.25, -0.2) is 19.6 Å². The number of halogens is 3. The van der Waals surface area contributed by atoms with Gasteiger partial charge in [-0.1, -0.05) is 30.3 Å². The van der Waals surface area contributed by atoms with Gasteiger partial charge in [-0.3, -0.25) is 0 Å². The van der Waals surface area contributed by atoms with Crippen LogP contribution in [0.1, 0.15) is 24.2 Å². The summed E-state index contributed by atoms with van der Waals surface area (Å²) in [6, 6.07) is 12.7. The van der Waals surface area contributed by atoms with Crippen molar-refractivity contribution in [1.29, 1.82) is 0 Å². The van der Waals surface area contributed by atoms with Crippen molar-refractivity contribution in [1.82, 2.24) is 19.6 Å². The highest BCUT2D eigenvalue weighted by Gasteiger charge is 2.37. The molecule has 0 aliphatic heterocycles. The third-order valence-electron chi connectivity index (χ3n) is 4.59. The molecule has 4 rings (SSSR count). The molecule has 0 saturated carbocycles. The summed E-state index contributed by atoms with van der Waals surface area (Å²) in [7, 11) is 1.76. The zero-order chi connectivity index (χ0) is 19.9. The summed E-state index contributed by atoms with van der Waals surface area (Å²) in [5.74, 6) is 0.550. The molecule has 1 aromatic carbocycles. The molecule has 0 N–H and O–H groups in total. The van der Waals surface area contributed by atoms with Gasteiger partial charge in [-0.05, 0) is 24.6 Å². The summed E-state index contributed by atoms with van der Waals surface area (Å²) in [6.07, 6.45) is -2.31. The van der Waals surface area contributed by atoms with Crippen LogP contribution in [0, 0.1) is 0 Å². The maximum absolute atomic E-state index is 13.4. The summed E-state index contributed by atoms with van der Waals surface area (Å²) in [5, 5.41) is 1.77. The van der Waals surface area contributed by atoms with E-state index in [0.717, 1.165) is 11.9 Å². The van der Waals surface area contributed by atoms with Crippen LogP contribution in [-0.2, 0) is 6.18 Å². The molecule has 4 aromatic rings. The molecule has 1 unspecified atom stereocenters. The lowest BCUT2D eigenvalue weighted by Gasteiger charge is -2.29. The number of furan rings is 1. The van der Waals surface area contributed by atoms with E-state index in [0.29, 0.717) is 5.76 Å². The molecule has 144 valence electrons. The van der Waals surface area contributed by atoms with Crippen LogP contribution < -0.4 is 5.01 Å². The van der Waals surface area contributed by atoms with Crippen LogP contribution in [0.2, 0.25) is 0 Å². The molecule has 9 heteroatoms. The minimum absolute atomic E-state index is 0.0546. The Morgan fingerprint density at radius 3 is 2.46 bits per heavy atom. The zero-order valence-electron chi connectivity index (χ0n) is 15.1. The fourth-order valence-electron chi connectivity index (χ4n) is 3.07. The fourth-order valence-corrected chi connectivity index (χ4v) is 3.07. The third-order valence-corrected chi connectivity index (χ3v) is 4.59. The van der Waals surface area contributed by atoms with Crippen LogP contribution in [0.15, 0.2) is 59.5 Å². The highest BCUT2D eigenvalue weighted by molar-refractivity contribution is 5.79. The summed E-state index contributed by atoms with van der Waals surface area (Å²) in [4.78, 5) is 11.7. The maximum atomic E-state index is 13.4. The number of benzene rings is 1. The Balaban J connectivity index is 1.94. The Hall–Kier alpha value is -3.36. The second kappa shape index (κ2) is 6.66. The number of rotatable bonds is 4. The highest BCUT2D eigenvalue weighted by Crippen LogP contribution is 2.35. The van der Waals surface area contributed by atoms with Crippen LogP contribution in [0.3, 0.4) is 0 Å². The second-order valence-corrected chi connectivity index (χ2v) is 6.28. The molecular formula is C19H16F3N5O.